The molecular weight excluding hydrogens is 360 g/mol. The predicted octanol–water partition coefficient (Wildman–Crippen LogP) is 4.07. The largest absolute Gasteiger partial charge is 0.356 e. The van der Waals surface area contributed by atoms with Gasteiger partial charge in [0.1, 0.15) is 6.04 Å². The highest BCUT2D eigenvalue weighted by molar-refractivity contribution is 5.86. The number of nitrogens with zero attached hydrogens (tertiary/aromatic N) is 6. The number of tetrazole rings is 1. The van der Waals surface area contributed by atoms with E-state index in [9.17, 15) is 0 Å². The average molecular weight is 387 g/mol. The van der Waals surface area contributed by atoms with Crippen LogP contribution in [0.2, 0.25) is 0 Å². The van der Waals surface area contributed by atoms with Crippen LogP contribution in [0, 0.1) is 0 Å². The van der Waals surface area contributed by atoms with E-state index in [0.29, 0.717) is 0 Å². The minimum atomic E-state index is -0.205. The van der Waals surface area contributed by atoms with Crippen molar-refractivity contribution in [3.63, 3.8) is 0 Å². The summed E-state index contributed by atoms with van der Waals surface area (Å²) in [5, 5.41) is 14.3. The lowest BCUT2D eigenvalue weighted by atomic mass is 9.95. The lowest BCUT2D eigenvalue weighted by Gasteiger charge is -2.38. The second-order valence-corrected chi connectivity index (χ2v) is 8.74. The summed E-state index contributed by atoms with van der Waals surface area (Å²) in [5.74, 6) is 0.883. The zero-order chi connectivity index (χ0) is 20.2. The highest BCUT2D eigenvalue weighted by Gasteiger charge is 2.38. The number of hydrogen-bond donors (Lipinski definition) is 0. The second kappa shape index (κ2) is 6.44. The molecule has 1 aliphatic heterocycles. The Morgan fingerprint density at radius 2 is 1.69 bits per heavy atom. The molecule has 3 heterocycles. The van der Waals surface area contributed by atoms with Gasteiger partial charge in [-0.25, -0.2) is 4.68 Å². The molecule has 1 atom stereocenters. The summed E-state index contributed by atoms with van der Waals surface area (Å²) in [6.45, 7) is 7.35. The van der Waals surface area contributed by atoms with Crippen molar-refractivity contribution in [2.45, 2.75) is 38.8 Å². The van der Waals surface area contributed by atoms with Crippen molar-refractivity contribution >= 4 is 16.6 Å². The molecule has 0 fully saturated rings. The van der Waals surface area contributed by atoms with E-state index in [1.165, 1.54) is 27.8 Å². The molecule has 6 heteroatoms. The molecule has 0 amide bonds. The van der Waals surface area contributed by atoms with Crippen LogP contribution < -0.4 is 4.90 Å². The van der Waals surface area contributed by atoms with Gasteiger partial charge in [-0.3, -0.25) is 0 Å². The van der Waals surface area contributed by atoms with Gasteiger partial charge in [-0.2, -0.15) is 0 Å². The number of hydrogen-bond acceptors (Lipinski definition) is 4. The minimum absolute atomic E-state index is 0.0484. The summed E-state index contributed by atoms with van der Waals surface area (Å²) < 4.78 is 4.30. The van der Waals surface area contributed by atoms with Crippen LogP contribution in [0.1, 0.15) is 43.9 Å². The maximum atomic E-state index is 4.54. The summed E-state index contributed by atoms with van der Waals surface area (Å²) >= 11 is 0. The topological polar surface area (TPSA) is 51.8 Å². The van der Waals surface area contributed by atoms with E-state index in [2.05, 4.69) is 107 Å². The fourth-order valence-corrected chi connectivity index (χ4v) is 4.61. The summed E-state index contributed by atoms with van der Waals surface area (Å²) in [5.41, 5.74) is 4.93. The number of rotatable bonds is 2. The average Bonchev–Trinajstić information content (AvgIpc) is 3.32. The number of fused-ring (bicyclic) bond motifs is 3. The van der Waals surface area contributed by atoms with E-state index >= 15 is 0 Å². The molecule has 29 heavy (non-hydrogen) atoms. The Morgan fingerprint density at radius 1 is 0.966 bits per heavy atom. The monoisotopic (exact) mass is 386 g/mol. The molecule has 0 radical (unpaired) electrons. The third-order valence-electron chi connectivity index (χ3n) is 5.90. The molecule has 6 nitrogen and oxygen atoms in total. The van der Waals surface area contributed by atoms with Crippen molar-refractivity contribution in [1.82, 2.24) is 24.8 Å². The van der Waals surface area contributed by atoms with Gasteiger partial charge in [0.15, 0.2) is 5.82 Å². The van der Waals surface area contributed by atoms with Crippen LogP contribution in [-0.4, -0.2) is 31.3 Å². The van der Waals surface area contributed by atoms with Crippen LogP contribution in [0.4, 0.5) is 5.69 Å². The Bertz CT molecular complexity index is 1170. The van der Waals surface area contributed by atoms with E-state index in [4.69, 9.17) is 0 Å². The lowest BCUT2D eigenvalue weighted by Crippen LogP contribution is -2.40. The zero-order valence-electron chi connectivity index (χ0n) is 17.4. The molecule has 0 N–H and O–H groups in total. The predicted molar refractivity (Wildman–Crippen MR) is 115 cm³/mol. The Morgan fingerprint density at radius 3 is 2.45 bits per heavy atom. The number of anilines is 1. The van der Waals surface area contributed by atoms with Crippen molar-refractivity contribution in [2.24, 2.45) is 7.05 Å². The van der Waals surface area contributed by atoms with Crippen molar-refractivity contribution in [3.05, 3.63) is 71.7 Å². The van der Waals surface area contributed by atoms with E-state index in [0.717, 1.165) is 18.8 Å². The number of benzene rings is 2. The van der Waals surface area contributed by atoms with Gasteiger partial charge in [-0.15, -0.1) is 5.10 Å². The molecular formula is C23H26N6. The number of aromatic nitrogens is 5. The van der Waals surface area contributed by atoms with Crippen LogP contribution in [0.15, 0.2) is 54.6 Å². The molecule has 0 aliphatic carbocycles. The van der Waals surface area contributed by atoms with E-state index in [1.54, 1.807) is 0 Å². The maximum Gasteiger partial charge on any atom is 0.180 e. The SMILES string of the molecule is Cn1c2c(c3ccccc31)CCN(c1ccccc1)C2c1nnnn1C(C)(C)C. The summed E-state index contributed by atoms with van der Waals surface area (Å²) in [6.07, 6.45) is 0.999. The molecule has 148 valence electrons. The van der Waals surface area contributed by atoms with Crippen molar-refractivity contribution in [2.75, 3.05) is 11.4 Å². The van der Waals surface area contributed by atoms with Crippen molar-refractivity contribution in [1.29, 1.82) is 0 Å². The van der Waals surface area contributed by atoms with Crippen LogP contribution in [0.3, 0.4) is 0 Å². The fourth-order valence-electron chi connectivity index (χ4n) is 4.61. The van der Waals surface area contributed by atoms with Gasteiger partial charge in [0.25, 0.3) is 0 Å². The molecule has 2 aromatic carbocycles. The summed E-state index contributed by atoms with van der Waals surface area (Å²) in [6, 6.07) is 19.2. The Labute approximate surface area is 170 Å². The molecule has 0 bridgehead atoms. The third-order valence-corrected chi connectivity index (χ3v) is 5.90. The van der Waals surface area contributed by atoms with Gasteiger partial charge in [0.2, 0.25) is 0 Å². The Hall–Kier alpha value is -3.15. The summed E-state index contributed by atoms with van der Waals surface area (Å²) in [7, 11) is 2.16. The molecule has 1 aliphatic rings. The Kier molecular flexibility index (Phi) is 3.98. The van der Waals surface area contributed by atoms with Crippen LogP contribution in [0.25, 0.3) is 10.9 Å². The van der Waals surface area contributed by atoms with Crippen LogP contribution >= 0.6 is 0 Å². The number of para-hydroxylation sites is 2. The first-order valence-electron chi connectivity index (χ1n) is 10.1. The molecule has 0 saturated carbocycles. The van der Waals surface area contributed by atoms with Crippen molar-refractivity contribution < 1.29 is 0 Å². The molecule has 4 aromatic rings. The highest BCUT2D eigenvalue weighted by atomic mass is 15.6. The first-order chi connectivity index (χ1) is 14.0. The molecule has 0 spiro atoms. The highest BCUT2D eigenvalue weighted by Crippen LogP contribution is 2.42. The van der Waals surface area contributed by atoms with Gasteiger partial charge >= 0.3 is 0 Å². The standard InChI is InChI=1S/C23H26N6/c1-23(2,3)29-22(24-25-26-29)21-20-18(17-12-8-9-13-19(17)27(20)4)14-15-28(21)16-10-6-5-7-11-16/h5-13,21H,14-15H2,1-4H3. The maximum absolute atomic E-state index is 4.54. The molecule has 0 saturated heterocycles. The van der Waals surface area contributed by atoms with E-state index < -0.39 is 0 Å². The third kappa shape index (κ3) is 2.74. The quantitative estimate of drug-likeness (QED) is 0.521. The summed E-state index contributed by atoms with van der Waals surface area (Å²) in [4.78, 5) is 2.44. The fraction of sp³-hybridized carbons (Fsp3) is 0.348. The first kappa shape index (κ1) is 17.9. The smallest absolute Gasteiger partial charge is 0.180 e. The zero-order valence-corrected chi connectivity index (χ0v) is 17.4. The first-order valence-corrected chi connectivity index (χ1v) is 10.1. The van der Waals surface area contributed by atoms with Gasteiger partial charge in [-0.1, -0.05) is 36.4 Å². The lowest BCUT2D eigenvalue weighted by molar-refractivity contribution is 0.327. The molecule has 2 aromatic heterocycles. The van der Waals surface area contributed by atoms with Crippen LogP contribution in [-0.2, 0) is 19.0 Å². The Balaban J connectivity index is 1.79. The van der Waals surface area contributed by atoms with Gasteiger partial charge in [0.05, 0.1) is 11.2 Å². The molecule has 1 unspecified atom stereocenters. The van der Waals surface area contributed by atoms with Gasteiger partial charge in [-0.05, 0) is 61.4 Å². The van der Waals surface area contributed by atoms with E-state index in [1.807, 2.05) is 4.68 Å². The van der Waals surface area contributed by atoms with Crippen molar-refractivity contribution in [3.8, 4) is 0 Å². The normalized spacial score (nSPS) is 17.0. The minimum Gasteiger partial charge on any atom is -0.356 e. The van der Waals surface area contributed by atoms with E-state index in [-0.39, 0.29) is 11.6 Å². The van der Waals surface area contributed by atoms with Gasteiger partial charge in [0, 0.05) is 30.2 Å². The number of aryl methyl sites for hydroxylation is 1. The van der Waals surface area contributed by atoms with Gasteiger partial charge < -0.3 is 9.47 Å². The second-order valence-electron chi connectivity index (χ2n) is 8.74. The van der Waals surface area contributed by atoms with Crippen LogP contribution in [0.5, 0.6) is 0 Å². The molecule has 5 rings (SSSR count).